The molecular formula is C22H17N3O4. The van der Waals surface area contributed by atoms with E-state index in [2.05, 4.69) is 10.1 Å². The summed E-state index contributed by atoms with van der Waals surface area (Å²) < 4.78 is 11.1. The number of hydrogen-bond acceptors (Lipinski definition) is 6. The molecule has 144 valence electrons. The van der Waals surface area contributed by atoms with E-state index in [4.69, 9.17) is 8.94 Å². The summed E-state index contributed by atoms with van der Waals surface area (Å²) in [5.74, 6) is 0.510. The minimum Gasteiger partial charge on any atom is -0.450 e. The maximum absolute atomic E-state index is 13.5. The number of aromatic nitrogens is 2. The Morgan fingerprint density at radius 2 is 1.90 bits per heavy atom. The Morgan fingerprint density at radius 1 is 1.10 bits per heavy atom. The zero-order chi connectivity index (χ0) is 20.1. The second-order valence-electron chi connectivity index (χ2n) is 7.01. The van der Waals surface area contributed by atoms with Crippen molar-refractivity contribution in [2.45, 2.75) is 26.3 Å². The van der Waals surface area contributed by atoms with Crippen LogP contribution in [0.25, 0.3) is 11.0 Å². The maximum Gasteiger partial charge on any atom is 0.296 e. The van der Waals surface area contributed by atoms with E-state index in [9.17, 15) is 9.59 Å². The van der Waals surface area contributed by atoms with Crippen molar-refractivity contribution in [2.24, 2.45) is 0 Å². The predicted molar refractivity (Wildman–Crippen MR) is 106 cm³/mol. The fraction of sp³-hybridized carbons (Fsp3) is 0.182. The van der Waals surface area contributed by atoms with Crippen LogP contribution in [0.1, 0.15) is 46.0 Å². The summed E-state index contributed by atoms with van der Waals surface area (Å²) >= 11 is 0. The van der Waals surface area contributed by atoms with Gasteiger partial charge in [-0.25, -0.2) is 0 Å². The molecule has 0 N–H and O–H groups in total. The van der Waals surface area contributed by atoms with Crippen LogP contribution in [0.2, 0.25) is 0 Å². The molecular weight excluding hydrogens is 370 g/mol. The van der Waals surface area contributed by atoms with Gasteiger partial charge in [0.2, 0.25) is 5.76 Å². The van der Waals surface area contributed by atoms with E-state index in [0.29, 0.717) is 28.1 Å². The lowest BCUT2D eigenvalue weighted by Crippen LogP contribution is -2.29. The van der Waals surface area contributed by atoms with Crippen molar-refractivity contribution in [2.75, 3.05) is 4.90 Å². The lowest BCUT2D eigenvalue weighted by atomic mass is 9.98. The fourth-order valence-electron chi connectivity index (χ4n) is 3.80. The highest BCUT2D eigenvalue weighted by Crippen LogP contribution is 2.40. The molecule has 29 heavy (non-hydrogen) atoms. The number of anilines is 1. The second-order valence-corrected chi connectivity index (χ2v) is 7.01. The largest absolute Gasteiger partial charge is 0.450 e. The van der Waals surface area contributed by atoms with E-state index < -0.39 is 11.9 Å². The summed E-state index contributed by atoms with van der Waals surface area (Å²) in [6, 6.07) is 10.0. The van der Waals surface area contributed by atoms with Crippen LogP contribution in [0.4, 0.5) is 5.82 Å². The fourth-order valence-corrected chi connectivity index (χ4v) is 3.80. The van der Waals surface area contributed by atoms with Gasteiger partial charge in [-0.3, -0.25) is 19.5 Å². The molecule has 0 aliphatic carbocycles. The molecule has 1 aliphatic heterocycles. The Kier molecular flexibility index (Phi) is 3.84. The Balaban J connectivity index is 1.82. The zero-order valence-corrected chi connectivity index (χ0v) is 15.9. The number of hydrogen-bond donors (Lipinski definition) is 0. The summed E-state index contributed by atoms with van der Waals surface area (Å²) in [7, 11) is 0. The number of fused-ring (bicyclic) bond motifs is 2. The summed E-state index contributed by atoms with van der Waals surface area (Å²) in [5, 5.41) is 4.47. The van der Waals surface area contributed by atoms with E-state index in [-0.39, 0.29) is 11.2 Å². The van der Waals surface area contributed by atoms with Gasteiger partial charge in [-0.05, 0) is 48.7 Å². The van der Waals surface area contributed by atoms with E-state index in [1.54, 1.807) is 43.6 Å². The number of carbonyl (C=O) groups is 1. The van der Waals surface area contributed by atoms with E-state index in [1.807, 2.05) is 19.1 Å². The van der Waals surface area contributed by atoms with Gasteiger partial charge in [0.25, 0.3) is 5.91 Å². The highest BCUT2D eigenvalue weighted by molar-refractivity contribution is 6.10. The minimum absolute atomic E-state index is 0.0363. The predicted octanol–water partition coefficient (Wildman–Crippen LogP) is 3.80. The molecule has 0 saturated carbocycles. The first-order valence-corrected chi connectivity index (χ1v) is 9.35. The molecule has 7 nitrogen and oxygen atoms in total. The van der Waals surface area contributed by atoms with Gasteiger partial charge in [-0.1, -0.05) is 18.1 Å². The molecule has 1 amide bonds. The number of pyridine rings is 1. The first kappa shape index (κ1) is 17.4. The average Bonchev–Trinajstić information content (AvgIpc) is 3.30. The summed E-state index contributed by atoms with van der Waals surface area (Å²) in [4.78, 5) is 32.3. The van der Waals surface area contributed by atoms with Crippen molar-refractivity contribution in [1.82, 2.24) is 10.1 Å². The highest BCUT2D eigenvalue weighted by atomic mass is 16.5. The van der Waals surface area contributed by atoms with Gasteiger partial charge in [0.15, 0.2) is 11.2 Å². The molecule has 0 saturated heterocycles. The normalized spacial score (nSPS) is 15.9. The van der Waals surface area contributed by atoms with Crippen molar-refractivity contribution in [3.8, 4) is 0 Å². The van der Waals surface area contributed by atoms with Crippen molar-refractivity contribution >= 4 is 22.7 Å². The molecule has 0 fully saturated rings. The molecule has 3 aromatic heterocycles. The van der Waals surface area contributed by atoms with Crippen LogP contribution in [0, 0.1) is 6.92 Å². The molecule has 0 spiro atoms. The average molecular weight is 387 g/mol. The molecule has 0 bridgehead atoms. The standard InChI is InChI=1S/C22H17N3O4/c1-3-13-4-5-16-15(11-13)20(26)18-19(14-6-8-23-9-7-14)25(22(27)21(18)28-16)17-10-12(2)29-24-17/h4-11,19H,3H2,1-2H3. The molecule has 7 heteroatoms. The number of amides is 1. The Labute approximate surface area is 165 Å². The Bertz CT molecular complexity index is 1310. The molecule has 1 atom stereocenters. The van der Waals surface area contributed by atoms with Crippen LogP contribution in [-0.2, 0) is 6.42 Å². The van der Waals surface area contributed by atoms with Gasteiger partial charge in [-0.15, -0.1) is 0 Å². The molecule has 4 heterocycles. The number of nitrogens with zero attached hydrogens (tertiary/aromatic N) is 3. The number of carbonyl (C=O) groups excluding carboxylic acids is 1. The number of benzene rings is 1. The van der Waals surface area contributed by atoms with Gasteiger partial charge in [0, 0.05) is 18.5 Å². The van der Waals surface area contributed by atoms with Crippen molar-refractivity contribution in [3.63, 3.8) is 0 Å². The monoisotopic (exact) mass is 387 g/mol. The number of aryl methyl sites for hydroxylation is 2. The Hall–Kier alpha value is -3.74. The maximum atomic E-state index is 13.5. The van der Waals surface area contributed by atoms with E-state index in [1.165, 1.54) is 4.90 Å². The second kappa shape index (κ2) is 6.41. The lowest BCUT2D eigenvalue weighted by molar-refractivity contribution is 0.0969. The molecule has 5 rings (SSSR count). The third-order valence-corrected chi connectivity index (χ3v) is 5.23. The van der Waals surface area contributed by atoms with Gasteiger partial charge in [0.05, 0.1) is 17.0 Å². The van der Waals surface area contributed by atoms with Gasteiger partial charge < -0.3 is 8.94 Å². The number of rotatable bonds is 3. The molecule has 1 aromatic carbocycles. The van der Waals surface area contributed by atoms with Gasteiger partial charge in [0.1, 0.15) is 11.3 Å². The van der Waals surface area contributed by atoms with E-state index in [0.717, 1.165) is 17.5 Å². The molecule has 1 aliphatic rings. The first-order chi connectivity index (χ1) is 14.1. The quantitative estimate of drug-likeness (QED) is 0.531. The highest BCUT2D eigenvalue weighted by Gasteiger charge is 2.44. The van der Waals surface area contributed by atoms with Crippen LogP contribution in [-0.4, -0.2) is 16.0 Å². The van der Waals surface area contributed by atoms with Crippen LogP contribution in [0.15, 0.2) is 62.5 Å². The molecule has 0 radical (unpaired) electrons. The summed E-state index contributed by atoms with van der Waals surface area (Å²) in [6.07, 6.45) is 4.05. The third kappa shape index (κ3) is 2.58. The lowest BCUT2D eigenvalue weighted by Gasteiger charge is -2.22. The SMILES string of the molecule is CCc1ccc2oc3c(c(=O)c2c1)C(c1ccncc1)N(c1cc(C)on1)C3=O. The van der Waals surface area contributed by atoms with Crippen LogP contribution >= 0.6 is 0 Å². The topological polar surface area (TPSA) is 89.4 Å². The summed E-state index contributed by atoms with van der Waals surface area (Å²) in [5.41, 5.74) is 2.26. The minimum atomic E-state index is -0.670. The van der Waals surface area contributed by atoms with Crippen molar-refractivity contribution in [1.29, 1.82) is 0 Å². The van der Waals surface area contributed by atoms with Crippen LogP contribution in [0.5, 0.6) is 0 Å². The van der Waals surface area contributed by atoms with Crippen LogP contribution in [0.3, 0.4) is 0 Å². The Morgan fingerprint density at radius 3 is 2.59 bits per heavy atom. The van der Waals surface area contributed by atoms with Gasteiger partial charge >= 0.3 is 0 Å². The smallest absolute Gasteiger partial charge is 0.296 e. The molecule has 1 unspecified atom stereocenters. The summed E-state index contributed by atoms with van der Waals surface area (Å²) in [6.45, 7) is 3.77. The zero-order valence-electron chi connectivity index (χ0n) is 15.9. The molecule has 4 aromatic rings. The van der Waals surface area contributed by atoms with Crippen LogP contribution < -0.4 is 10.3 Å². The van der Waals surface area contributed by atoms with E-state index >= 15 is 0 Å². The van der Waals surface area contributed by atoms with Gasteiger partial charge in [-0.2, -0.15) is 0 Å². The van der Waals surface area contributed by atoms with Crippen molar-refractivity contribution in [3.05, 3.63) is 87.2 Å². The van der Waals surface area contributed by atoms with Crippen molar-refractivity contribution < 1.29 is 13.7 Å². The first-order valence-electron chi connectivity index (χ1n) is 9.35. The third-order valence-electron chi connectivity index (χ3n) is 5.23.